The maximum Gasteiger partial charge on any atom is 0.0973 e. The van der Waals surface area contributed by atoms with Gasteiger partial charge in [-0.15, -0.1) is 0 Å². The first kappa shape index (κ1) is 16.7. The van der Waals surface area contributed by atoms with E-state index >= 15 is 0 Å². The van der Waals surface area contributed by atoms with Crippen LogP contribution in [0.25, 0.3) is 10.8 Å². The summed E-state index contributed by atoms with van der Waals surface area (Å²) in [7, 11) is 3.96. The summed E-state index contributed by atoms with van der Waals surface area (Å²) < 4.78 is 5.80. The minimum atomic E-state index is 0.0613. The van der Waals surface area contributed by atoms with Gasteiger partial charge in [-0.1, -0.05) is 72.8 Å². The zero-order chi connectivity index (χ0) is 16.9. The Morgan fingerprint density at radius 2 is 1.54 bits per heavy atom. The highest BCUT2D eigenvalue weighted by Crippen LogP contribution is 2.26. The Bertz CT molecular complexity index is 779. The average molecular weight is 319 g/mol. The molecule has 2 nitrogen and oxygen atoms in total. The molecule has 0 aromatic heterocycles. The third-order valence-corrected chi connectivity index (χ3v) is 4.82. The van der Waals surface area contributed by atoms with Crippen molar-refractivity contribution in [3.05, 3.63) is 83.9 Å². The van der Waals surface area contributed by atoms with Gasteiger partial charge in [0.2, 0.25) is 0 Å². The van der Waals surface area contributed by atoms with Crippen molar-refractivity contribution < 1.29 is 4.74 Å². The number of methoxy groups -OCH3 is 1. The van der Waals surface area contributed by atoms with Crippen molar-refractivity contribution in [1.82, 2.24) is 4.90 Å². The topological polar surface area (TPSA) is 12.5 Å². The van der Waals surface area contributed by atoms with Crippen LogP contribution in [0.5, 0.6) is 0 Å². The number of likely N-dealkylation sites (N-methyl/N-ethyl adjacent to an activating group) is 1. The van der Waals surface area contributed by atoms with Gasteiger partial charge in [-0.25, -0.2) is 0 Å². The lowest BCUT2D eigenvalue weighted by Gasteiger charge is -2.31. The third-order valence-electron chi connectivity index (χ3n) is 4.82. The summed E-state index contributed by atoms with van der Waals surface area (Å²) in [6.45, 7) is 3.13. The molecule has 0 N–H and O–H groups in total. The van der Waals surface area contributed by atoms with Gasteiger partial charge in [0.15, 0.2) is 0 Å². The van der Waals surface area contributed by atoms with E-state index in [2.05, 4.69) is 85.6 Å². The summed E-state index contributed by atoms with van der Waals surface area (Å²) in [6.07, 6.45) is 0.0613. The maximum absolute atomic E-state index is 5.80. The van der Waals surface area contributed by atoms with Gasteiger partial charge in [0.25, 0.3) is 0 Å². The molecule has 2 unspecified atom stereocenters. The van der Waals surface area contributed by atoms with Crippen molar-refractivity contribution in [1.29, 1.82) is 0 Å². The number of fused-ring (bicyclic) bond motifs is 1. The van der Waals surface area contributed by atoms with E-state index in [1.54, 1.807) is 7.11 Å². The van der Waals surface area contributed by atoms with Gasteiger partial charge in [0, 0.05) is 19.7 Å². The number of hydrogen-bond donors (Lipinski definition) is 0. The average Bonchev–Trinajstić information content (AvgIpc) is 2.63. The highest BCUT2D eigenvalue weighted by molar-refractivity contribution is 5.85. The molecule has 0 saturated carbocycles. The molecular weight excluding hydrogens is 294 g/mol. The van der Waals surface area contributed by atoms with Gasteiger partial charge in [-0.05, 0) is 35.9 Å². The second-order valence-corrected chi connectivity index (χ2v) is 6.36. The van der Waals surface area contributed by atoms with Gasteiger partial charge in [-0.3, -0.25) is 4.90 Å². The van der Waals surface area contributed by atoms with Crippen LogP contribution in [0.2, 0.25) is 0 Å². The first-order chi connectivity index (χ1) is 11.7. The smallest absolute Gasteiger partial charge is 0.0973 e. The summed E-state index contributed by atoms with van der Waals surface area (Å²) in [5, 5.41) is 2.62. The van der Waals surface area contributed by atoms with Gasteiger partial charge in [0.05, 0.1) is 6.10 Å². The molecule has 0 amide bonds. The lowest BCUT2D eigenvalue weighted by molar-refractivity contribution is 0.0274. The Kier molecular flexibility index (Phi) is 5.29. The fraction of sp³-hybridized carbons (Fsp3) is 0.273. The van der Waals surface area contributed by atoms with Crippen LogP contribution < -0.4 is 0 Å². The first-order valence-corrected chi connectivity index (χ1v) is 8.45. The fourth-order valence-corrected chi connectivity index (χ4v) is 3.33. The molecule has 24 heavy (non-hydrogen) atoms. The highest BCUT2D eigenvalue weighted by Gasteiger charge is 2.22. The number of hydrogen-bond acceptors (Lipinski definition) is 2. The van der Waals surface area contributed by atoms with Crippen LogP contribution >= 0.6 is 0 Å². The zero-order valence-electron chi connectivity index (χ0n) is 14.6. The summed E-state index contributed by atoms with van der Waals surface area (Å²) >= 11 is 0. The number of benzene rings is 3. The maximum atomic E-state index is 5.80. The number of ether oxygens (including phenoxy) is 1. The molecule has 0 aliphatic rings. The number of nitrogens with zero attached hydrogens (tertiary/aromatic N) is 1. The highest BCUT2D eigenvalue weighted by atomic mass is 16.5. The number of rotatable bonds is 6. The van der Waals surface area contributed by atoms with E-state index < -0.39 is 0 Å². The molecule has 0 bridgehead atoms. The molecule has 3 rings (SSSR count). The Morgan fingerprint density at radius 3 is 2.29 bits per heavy atom. The molecule has 3 aromatic carbocycles. The Morgan fingerprint density at radius 1 is 0.875 bits per heavy atom. The van der Waals surface area contributed by atoms with Crippen molar-refractivity contribution in [2.75, 3.05) is 14.2 Å². The minimum Gasteiger partial charge on any atom is -0.375 e. The van der Waals surface area contributed by atoms with E-state index in [0.717, 1.165) is 6.54 Å². The van der Waals surface area contributed by atoms with Crippen molar-refractivity contribution in [2.24, 2.45) is 0 Å². The van der Waals surface area contributed by atoms with Gasteiger partial charge >= 0.3 is 0 Å². The molecule has 0 saturated heterocycles. The fourth-order valence-electron chi connectivity index (χ4n) is 3.33. The summed E-state index contributed by atoms with van der Waals surface area (Å²) in [6, 6.07) is 25.8. The second kappa shape index (κ2) is 7.61. The monoisotopic (exact) mass is 319 g/mol. The molecule has 0 aliphatic carbocycles. The third kappa shape index (κ3) is 3.50. The Balaban J connectivity index is 1.81. The molecule has 2 heteroatoms. The SMILES string of the molecule is COC(c1ccccc1)C(C)N(C)Cc1cccc2ccccc12. The van der Waals surface area contributed by atoms with Crippen LogP contribution in [0.1, 0.15) is 24.2 Å². The van der Waals surface area contributed by atoms with Crippen molar-refractivity contribution in [3.63, 3.8) is 0 Å². The molecule has 0 radical (unpaired) electrons. The van der Waals surface area contributed by atoms with E-state index in [-0.39, 0.29) is 12.1 Å². The molecule has 0 aliphatic heterocycles. The van der Waals surface area contributed by atoms with E-state index in [0.29, 0.717) is 0 Å². The summed E-state index contributed by atoms with van der Waals surface area (Å²) in [4.78, 5) is 2.36. The zero-order valence-corrected chi connectivity index (χ0v) is 14.6. The van der Waals surface area contributed by atoms with E-state index in [1.807, 2.05) is 6.07 Å². The van der Waals surface area contributed by atoms with Crippen LogP contribution in [0.4, 0.5) is 0 Å². The van der Waals surface area contributed by atoms with Crippen LogP contribution in [0, 0.1) is 0 Å². The van der Waals surface area contributed by atoms with Gasteiger partial charge in [-0.2, -0.15) is 0 Å². The normalized spacial score (nSPS) is 14.0. The van der Waals surface area contributed by atoms with Crippen LogP contribution in [-0.4, -0.2) is 25.1 Å². The Labute approximate surface area is 144 Å². The summed E-state index contributed by atoms with van der Waals surface area (Å²) in [5.74, 6) is 0. The van der Waals surface area contributed by atoms with E-state index in [9.17, 15) is 0 Å². The molecule has 2 atom stereocenters. The molecule has 3 aromatic rings. The van der Waals surface area contributed by atoms with Gasteiger partial charge < -0.3 is 4.74 Å². The Hall–Kier alpha value is -2.16. The molecule has 0 heterocycles. The predicted octanol–water partition coefficient (Wildman–Crippen LogP) is 5.05. The van der Waals surface area contributed by atoms with Crippen LogP contribution in [0.15, 0.2) is 72.8 Å². The van der Waals surface area contributed by atoms with Gasteiger partial charge in [0.1, 0.15) is 0 Å². The lowest BCUT2D eigenvalue weighted by atomic mass is 10.0. The van der Waals surface area contributed by atoms with Crippen molar-refractivity contribution >= 4 is 10.8 Å². The minimum absolute atomic E-state index is 0.0613. The standard InChI is InChI=1S/C22H25NO/c1-17(22(24-3)19-11-5-4-6-12-19)23(2)16-20-14-9-13-18-10-7-8-15-21(18)20/h4-15,17,22H,16H2,1-3H3. The van der Waals surface area contributed by atoms with Crippen LogP contribution in [0.3, 0.4) is 0 Å². The molecule has 124 valence electrons. The first-order valence-electron chi connectivity index (χ1n) is 8.45. The summed E-state index contributed by atoms with van der Waals surface area (Å²) in [5.41, 5.74) is 2.57. The second-order valence-electron chi connectivity index (χ2n) is 6.36. The molecular formula is C22H25NO. The quantitative estimate of drug-likeness (QED) is 0.630. The van der Waals surface area contributed by atoms with Crippen LogP contribution in [-0.2, 0) is 11.3 Å². The largest absolute Gasteiger partial charge is 0.375 e. The van der Waals surface area contributed by atoms with E-state index in [1.165, 1.54) is 21.9 Å². The molecule has 0 spiro atoms. The van der Waals surface area contributed by atoms with Crippen molar-refractivity contribution in [3.8, 4) is 0 Å². The predicted molar refractivity (Wildman–Crippen MR) is 101 cm³/mol. The molecule has 0 fully saturated rings. The van der Waals surface area contributed by atoms with Crippen molar-refractivity contribution in [2.45, 2.75) is 25.6 Å². The lowest BCUT2D eigenvalue weighted by Crippen LogP contribution is -2.34. The van der Waals surface area contributed by atoms with E-state index in [4.69, 9.17) is 4.74 Å².